The molecule has 0 aliphatic rings. The minimum Gasteiger partial charge on any atom is -0.338 e. The minimum atomic E-state index is 0.959. The van der Waals surface area contributed by atoms with Gasteiger partial charge < -0.3 is 4.98 Å². The van der Waals surface area contributed by atoms with Crippen molar-refractivity contribution in [2.24, 2.45) is 0 Å². The number of hydrogen-bond donors (Lipinski definition) is 1. The fourth-order valence-corrected chi connectivity index (χ4v) is 4.47. The molecular formula is C23H13N5. The van der Waals surface area contributed by atoms with Gasteiger partial charge in [-0.15, -0.1) is 0 Å². The Morgan fingerprint density at radius 2 is 1.68 bits per heavy atom. The molecule has 5 heterocycles. The second kappa shape index (κ2) is 4.84. The van der Waals surface area contributed by atoms with Gasteiger partial charge in [0.25, 0.3) is 0 Å². The number of pyridine rings is 3. The standard InChI is InChI=1S/C23H13N5/c1-2-5-16-13(4-1)14-7-8-15-20(21(14)26-16)22-19(6-3-10-25-22)28-18-9-11-24-12-17(18)27-23(15)28/h1-12,27H. The van der Waals surface area contributed by atoms with Gasteiger partial charge in [-0.2, -0.15) is 0 Å². The molecule has 28 heavy (non-hydrogen) atoms. The zero-order valence-electron chi connectivity index (χ0n) is 14.7. The Morgan fingerprint density at radius 1 is 0.750 bits per heavy atom. The Balaban J connectivity index is 1.87. The number of aromatic nitrogens is 5. The summed E-state index contributed by atoms with van der Waals surface area (Å²) in [4.78, 5) is 17.6. The first-order chi connectivity index (χ1) is 13.9. The molecule has 5 aromatic heterocycles. The number of aromatic amines is 1. The molecule has 7 rings (SSSR count). The third-order valence-electron chi connectivity index (χ3n) is 5.64. The van der Waals surface area contributed by atoms with Crippen LogP contribution in [0.1, 0.15) is 0 Å². The highest BCUT2D eigenvalue weighted by molar-refractivity contribution is 6.26. The zero-order chi connectivity index (χ0) is 18.2. The fourth-order valence-electron chi connectivity index (χ4n) is 4.47. The van der Waals surface area contributed by atoms with E-state index in [1.807, 2.05) is 36.8 Å². The van der Waals surface area contributed by atoms with Crippen LogP contribution >= 0.6 is 0 Å². The maximum absolute atomic E-state index is 4.98. The number of nitrogens with zero attached hydrogens (tertiary/aromatic N) is 4. The Morgan fingerprint density at radius 3 is 2.68 bits per heavy atom. The molecule has 1 N–H and O–H groups in total. The number of fused-ring (bicyclic) bond motifs is 12. The van der Waals surface area contributed by atoms with Gasteiger partial charge in [-0.05, 0) is 30.3 Å². The van der Waals surface area contributed by atoms with Crippen LogP contribution in [-0.4, -0.2) is 24.3 Å². The van der Waals surface area contributed by atoms with Crippen LogP contribution in [0.4, 0.5) is 0 Å². The van der Waals surface area contributed by atoms with Crippen molar-refractivity contribution in [3.63, 3.8) is 0 Å². The van der Waals surface area contributed by atoms with Crippen LogP contribution in [0.3, 0.4) is 0 Å². The average molecular weight is 359 g/mol. The van der Waals surface area contributed by atoms with Crippen LogP contribution in [0.2, 0.25) is 0 Å². The van der Waals surface area contributed by atoms with Gasteiger partial charge in [-0.1, -0.05) is 24.3 Å². The van der Waals surface area contributed by atoms with Crippen molar-refractivity contribution in [2.75, 3.05) is 0 Å². The average Bonchev–Trinajstić information content (AvgIpc) is 3.32. The summed E-state index contributed by atoms with van der Waals surface area (Å²) < 4.78 is 2.23. The molecule has 0 saturated heterocycles. The fraction of sp³-hybridized carbons (Fsp3) is 0. The van der Waals surface area contributed by atoms with Gasteiger partial charge in [0.05, 0.1) is 39.3 Å². The lowest BCUT2D eigenvalue weighted by atomic mass is 10.0. The molecule has 0 amide bonds. The molecule has 0 bridgehead atoms. The molecule has 0 atom stereocenters. The summed E-state index contributed by atoms with van der Waals surface area (Å²) in [5.74, 6) is 0. The van der Waals surface area contributed by atoms with E-state index in [1.54, 1.807) is 0 Å². The summed E-state index contributed by atoms with van der Waals surface area (Å²) in [5.41, 5.74) is 7.16. The first kappa shape index (κ1) is 14.1. The highest BCUT2D eigenvalue weighted by atomic mass is 15.0. The van der Waals surface area contributed by atoms with E-state index in [9.17, 15) is 0 Å². The molecule has 0 aliphatic carbocycles. The largest absolute Gasteiger partial charge is 0.338 e. The van der Waals surface area contributed by atoms with E-state index >= 15 is 0 Å². The Hall–Kier alpha value is -3.99. The quantitative estimate of drug-likeness (QED) is 0.378. The molecule has 0 radical (unpaired) electrons. The normalized spacial score (nSPS) is 12.3. The van der Waals surface area contributed by atoms with Crippen molar-refractivity contribution in [3.8, 4) is 0 Å². The van der Waals surface area contributed by atoms with Crippen molar-refractivity contribution in [1.29, 1.82) is 0 Å². The highest BCUT2D eigenvalue weighted by Gasteiger charge is 2.17. The first-order valence-corrected chi connectivity index (χ1v) is 9.22. The van der Waals surface area contributed by atoms with Gasteiger partial charge in [0.15, 0.2) is 0 Å². The van der Waals surface area contributed by atoms with Crippen molar-refractivity contribution in [3.05, 3.63) is 73.2 Å². The number of hydrogen-bond acceptors (Lipinski definition) is 3. The number of H-pyrrole nitrogens is 1. The van der Waals surface area contributed by atoms with Gasteiger partial charge >= 0.3 is 0 Å². The van der Waals surface area contributed by atoms with Crippen LogP contribution in [0.5, 0.6) is 0 Å². The van der Waals surface area contributed by atoms with E-state index in [1.165, 1.54) is 5.39 Å². The number of rotatable bonds is 0. The summed E-state index contributed by atoms with van der Waals surface area (Å²) in [7, 11) is 0. The van der Waals surface area contributed by atoms with Crippen molar-refractivity contribution in [1.82, 2.24) is 24.3 Å². The topological polar surface area (TPSA) is 58.9 Å². The van der Waals surface area contributed by atoms with Crippen LogP contribution < -0.4 is 0 Å². The maximum atomic E-state index is 4.98. The molecule has 5 nitrogen and oxygen atoms in total. The lowest BCUT2D eigenvalue weighted by Crippen LogP contribution is -1.93. The number of benzene rings is 2. The zero-order valence-corrected chi connectivity index (χ0v) is 14.7. The Kier molecular flexibility index (Phi) is 2.44. The summed E-state index contributed by atoms with van der Waals surface area (Å²) in [5, 5.41) is 4.54. The smallest absolute Gasteiger partial charge is 0.123 e. The van der Waals surface area contributed by atoms with Crippen LogP contribution in [0, 0.1) is 0 Å². The molecule has 130 valence electrons. The van der Waals surface area contributed by atoms with E-state index in [4.69, 9.17) is 9.97 Å². The second-order valence-corrected chi connectivity index (χ2v) is 7.09. The van der Waals surface area contributed by atoms with E-state index in [0.717, 1.165) is 54.9 Å². The van der Waals surface area contributed by atoms with Crippen molar-refractivity contribution < 1.29 is 0 Å². The van der Waals surface area contributed by atoms with Crippen molar-refractivity contribution in [2.45, 2.75) is 0 Å². The number of nitrogens with one attached hydrogen (secondary N) is 1. The Bertz CT molecular complexity index is 1720. The highest BCUT2D eigenvalue weighted by Crippen LogP contribution is 2.37. The maximum Gasteiger partial charge on any atom is 0.123 e. The van der Waals surface area contributed by atoms with E-state index in [-0.39, 0.29) is 0 Å². The molecule has 0 unspecified atom stereocenters. The second-order valence-electron chi connectivity index (χ2n) is 7.09. The summed E-state index contributed by atoms with van der Waals surface area (Å²) >= 11 is 0. The van der Waals surface area contributed by atoms with Gasteiger partial charge in [0.2, 0.25) is 0 Å². The minimum absolute atomic E-state index is 0.959. The molecular weight excluding hydrogens is 346 g/mol. The molecule has 0 fully saturated rings. The van der Waals surface area contributed by atoms with E-state index in [0.29, 0.717) is 0 Å². The number of imidazole rings is 1. The van der Waals surface area contributed by atoms with Crippen molar-refractivity contribution >= 4 is 60.3 Å². The predicted molar refractivity (Wildman–Crippen MR) is 113 cm³/mol. The summed E-state index contributed by atoms with van der Waals surface area (Å²) in [6.45, 7) is 0. The third-order valence-corrected chi connectivity index (χ3v) is 5.64. The molecule has 0 spiro atoms. The summed E-state index contributed by atoms with van der Waals surface area (Å²) in [6.07, 6.45) is 5.54. The van der Waals surface area contributed by atoms with Crippen LogP contribution in [0.25, 0.3) is 60.3 Å². The molecule has 0 aliphatic heterocycles. The van der Waals surface area contributed by atoms with Crippen LogP contribution in [-0.2, 0) is 0 Å². The van der Waals surface area contributed by atoms with Gasteiger partial charge in [-0.3, -0.25) is 14.4 Å². The predicted octanol–water partition coefficient (Wildman–Crippen LogP) is 5.22. The molecule has 5 heteroatoms. The van der Waals surface area contributed by atoms with Gasteiger partial charge in [0.1, 0.15) is 5.65 Å². The SMILES string of the molecule is c1ccc2c(c1)nc1c2ccc2c1c1ncccc1n1c3ccncc3[nH]c21. The number of para-hydroxylation sites is 1. The van der Waals surface area contributed by atoms with Gasteiger partial charge in [-0.25, -0.2) is 4.98 Å². The lowest BCUT2D eigenvalue weighted by Gasteiger charge is -2.09. The first-order valence-electron chi connectivity index (χ1n) is 9.22. The lowest BCUT2D eigenvalue weighted by molar-refractivity contribution is 1.28. The molecule has 0 saturated carbocycles. The molecule has 7 aromatic rings. The third kappa shape index (κ3) is 1.60. The Labute approximate surface area is 158 Å². The van der Waals surface area contributed by atoms with E-state index in [2.05, 4.69) is 50.8 Å². The van der Waals surface area contributed by atoms with Gasteiger partial charge in [0, 0.05) is 33.9 Å². The summed E-state index contributed by atoms with van der Waals surface area (Å²) in [6, 6.07) is 18.8. The van der Waals surface area contributed by atoms with E-state index < -0.39 is 0 Å². The monoisotopic (exact) mass is 359 g/mol. The van der Waals surface area contributed by atoms with Crippen LogP contribution in [0.15, 0.2) is 73.2 Å². The molecule has 2 aromatic carbocycles.